The van der Waals surface area contributed by atoms with E-state index in [2.05, 4.69) is 0 Å². The third-order valence-electron chi connectivity index (χ3n) is 2.65. The molecule has 1 aromatic carbocycles. The summed E-state index contributed by atoms with van der Waals surface area (Å²) in [5.41, 5.74) is 1.98. The average Bonchev–Trinajstić information content (AvgIpc) is 2.27. The van der Waals surface area contributed by atoms with Crippen molar-refractivity contribution in [3.8, 4) is 0 Å². The molecule has 1 aromatic rings. The fourth-order valence-corrected chi connectivity index (χ4v) is 1.63. The fraction of sp³-hybridized carbons (Fsp3) is 0.538. The van der Waals surface area contributed by atoms with E-state index >= 15 is 0 Å². The smallest absolute Gasteiger partial charge is 0.0814 e. The molecule has 90 valence electrons. The van der Waals surface area contributed by atoms with Gasteiger partial charge in [0.25, 0.3) is 0 Å². The maximum atomic E-state index is 9.86. The number of rotatable bonds is 6. The molecule has 0 aliphatic carbocycles. The van der Waals surface area contributed by atoms with Crippen LogP contribution in [0.5, 0.6) is 0 Å². The third kappa shape index (κ3) is 4.31. The zero-order valence-electron chi connectivity index (χ0n) is 9.63. The second-order valence-corrected chi connectivity index (χ2v) is 4.18. The molecule has 0 heterocycles. The van der Waals surface area contributed by atoms with Crippen molar-refractivity contribution in [1.29, 1.82) is 0 Å². The summed E-state index contributed by atoms with van der Waals surface area (Å²) < 4.78 is 0. The van der Waals surface area contributed by atoms with Crippen LogP contribution in [0.3, 0.4) is 0 Å². The van der Waals surface area contributed by atoms with E-state index in [-0.39, 0.29) is 6.61 Å². The summed E-state index contributed by atoms with van der Waals surface area (Å²) in [5, 5.41) is 28.1. The fourth-order valence-electron chi connectivity index (χ4n) is 1.63. The van der Waals surface area contributed by atoms with Crippen molar-refractivity contribution in [3.05, 3.63) is 35.4 Å². The zero-order valence-corrected chi connectivity index (χ0v) is 9.63. The molecule has 0 bridgehead atoms. The number of benzene rings is 1. The van der Waals surface area contributed by atoms with Gasteiger partial charge in [0.1, 0.15) is 0 Å². The maximum absolute atomic E-state index is 9.86. The lowest BCUT2D eigenvalue weighted by Gasteiger charge is -2.15. The van der Waals surface area contributed by atoms with E-state index in [9.17, 15) is 10.2 Å². The Labute approximate surface area is 96.4 Å². The van der Waals surface area contributed by atoms with E-state index in [1.165, 1.54) is 0 Å². The minimum Gasteiger partial charge on any atom is -0.396 e. The van der Waals surface area contributed by atoms with Crippen molar-refractivity contribution in [2.45, 2.75) is 38.4 Å². The summed E-state index contributed by atoms with van der Waals surface area (Å²) in [4.78, 5) is 0. The van der Waals surface area contributed by atoms with Crippen molar-refractivity contribution in [1.82, 2.24) is 0 Å². The molecule has 0 saturated carbocycles. The number of hydrogen-bond donors (Lipinski definition) is 3. The lowest BCUT2D eigenvalue weighted by atomic mass is 10.0. The monoisotopic (exact) mass is 224 g/mol. The van der Waals surface area contributed by atoms with Crippen LogP contribution >= 0.6 is 0 Å². The molecule has 0 radical (unpaired) electrons. The molecule has 0 unspecified atom stereocenters. The second-order valence-electron chi connectivity index (χ2n) is 4.18. The van der Waals surface area contributed by atoms with Crippen LogP contribution in [-0.2, 0) is 0 Å². The van der Waals surface area contributed by atoms with Gasteiger partial charge < -0.3 is 15.3 Å². The highest BCUT2D eigenvalue weighted by atomic mass is 16.3. The Morgan fingerprint density at radius 1 is 1.12 bits per heavy atom. The Kier molecular flexibility index (Phi) is 5.46. The lowest BCUT2D eigenvalue weighted by Crippen LogP contribution is -2.12. The predicted octanol–water partition coefficient (Wildman–Crippen LogP) is 1.55. The van der Waals surface area contributed by atoms with E-state index in [1.807, 2.05) is 31.2 Å². The molecule has 0 amide bonds. The molecule has 0 aromatic heterocycles. The highest BCUT2D eigenvalue weighted by Crippen LogP contribution is 2.20. The van der Waals surface area contributed by atoms with Gasteiger partial charge in [-0.25, -0.2) is 0 Å². The van der Waals surface area contributed by atoms with Crippen molar-refractivity contribution < 1.29 is 15.3 Å². The van der Waals surface area contributed by atoms with Crippen LogP contribution in [0, 0.1) is 6.92 Å². The van der Waals surface area contributed by atoms with Gasteiger partial charge in [0.2, 0.25) is 0 Å². The average molecular weight is 224 g/mol. The molecule has 0 fully saturated rings. The van der Waals surface area contributed by atoms with Gasteiger partial charge >= 0.3 is 0 Å². The van der Waals surface area contributed by atoms with Crippen LogP contribution in [0.25, 0.3) is 0 Å². The number of hydrogen-bond acceptors (Lipinski definition) is 3. The normalized spacial score (nSPS) is 14.8. The van der Waals surface area contributed by atoms with Crippen molar-refractivity contribution in [3.63, 3.8) is 0 Å². The molecule has 3 heteroatoms. The molecule has 0 saturated heterocycles. The van der Waals surface area contributed by atoms with Gasteiger partial charge in [0, 0.05) is 13.0 Å². The first-order valence-electron chi connectivity index (χ1n) is 5.67. The van der Waals surface area contributed by atoms with E-state index < -0.39 is 12.2 Å². The first-order valence-corrected chi connectivity index (χ1v) is 5.67. The molecule has 0 aliphatic rings. The van der Waals surface area contributed by atoms with Crippen LogP contribution in [0.1, 0.15) is 36.5 Å². The van der Waals surface area contributed by atoms with Gasteiger partial charge in [-0.2, -0.15) is 0 Å². The summed E-state index contributed by atoms with van der Waals surface area (Å²) in [6.07, 6.45) is 0.238. The Bertz CT molecular complexity index is 295. The maximum Gasteiger partial charge on any atom is 0.0814 e. The molecule has 0 spiro atoms. The van der Waals surface area contributed by atoms with E-state index in [0.29, 0.717) is 19.3 Å². The van der Waals surface area contributed by atoms with Gasteiger partial charge in [0.15, 0.2) is 0 Å². The zero-order chi connectivity index (χ0) is 12.0. The summed E-state index contributed by atoms with van der Waals surface area (Å²) in [6, 6.07) is 7.63. The first-order chi connectivity index (χ1) is 7.63. The molecule has 1 rings (SSSR count). The minimum atomic E-state index is -0.630. The van der Waals surface area contributed by atoms with Crippen LogP contribution in [-0.4, -0.2) is 28.0 Å². The molecular formula is C13H20O3. The first kappa shape index (κ1) is 13.2. The SMILES string of the molecule is Cc1ccc([C@@H](O)C[C@H](O)CCCO)cc1. The third-order valence-corrected chi connectivity index (χ3v) is 2.65. The van der Waals surface area contributed by atoms with Gasteiger partial charge in [-0.05, 0) is 25.3 Å². The topological polar surface area (TPSA) is 60.7 Å². The summed E-state index contributed by atoms with van der Waals surface area (Å²) in [6.45, 7) is 2.07. The quantitative estimate of drug-likeness (QED) is 0.687. The van der Waals surface area contributed by atoms with E-state index in [4.69, 9.17) is 5.11 Å². The largest absolute Gasteiger partial charge is 0.396 e. The Morgan fingerprint density at radius 2 is 1.75 bits per heavy atom. The van der Waals surface area contributed by atoms with Gasteiger partial charge in [-0.15, -0.1) is 0 Å². The van der Waals surface area contributed by atoms with Gasteiger partial charge in [-0.3, -0.25) is 0 Å². The summed E-state index contributed by atoms with van der Waals surface area (Å²) >= 11 is 0. The molecule has 3 N–H and O–H groups in total. The molecular weight excluding hydrogens is 204 g/mol. The molecule has 0 aliphatic heterocycles. The second kappa shape index (κ2) is 6.63. The highest BCUT2D eigenvalue weighted by Gasteiger charge is 2.13. The van der Waals surface area contributed by atoms with Crippen molar-refractivity contribution in [2.24, 2.45) is 0 Å². The van der Waals surface area contributed by atoms with Crippen LogP contribution in [0.2, 0.25) is 0 Å². The van der Waals surface area contributed by atoms with Crippen molar-refractivity contribution >= 4 is 0 Å². The Balaban J connectivity index is 2.45. The van der Waals surface area contributed by atoms with Crippen LogP contribution < -0.4 is 0 Å². The van der Waals surface area contributed by atoms with Crippen LogP contribution in [0.15, 0.2) is 24.3 Å². The van der Waals surface area contributed by atoms with Gasteiger partial charge in [0.05, 0.1) is 12.2 Å². The number of aliphatic hydroxyl groups excluding tert-OH is 3. The Morgan fingerprint density at radius 3 is 2.31 bits per heavy atom. The number of aliphatic hydroxyl groups is 3. The van der Waals surface area contributed by atoms with Gasteiger partial charge in [-0.1, -0.05) is 29.8 Å². The molecule has 16 heavy (non-hydrogen) atoms. The van der Waals surface area contributed by atoms with E-state index in [1.54, 1.807) is 0 Å². The molecule has 3 nitrogen and oxygen atoms in total. The van der Waals surface area contributed by atoms with Crippen molar-refractivity contribution in [2.75, 3.05) is 6.61 Å². The minimum absolute atomic E-state index is 0.0810. The summed E-state index contributed by atoms with van der Waals surface area (Å²) in [7, 11) is 0. The lowest BCUT2D eigenvalue weighted by molar-refractivity contribution is 0.0708. The predicted molar refractivity (Wildman–Crippen MR) is 63.1 cm³/mol. The highest BCUT2D eigenvalue weighted by molar-refractivity contribution is 5.23. The molecule has 2 atom stereocenters. The van der Waals surface area contributed by atoms with Crippen LogP contribution in [0.4, 0.5) is 0 Å². The Hall–Kier alpha value is -0.900. The number of aryl methyl sites for hydroxylation is 1. The summed E-state index contributed by atoms with van der Waals surface area (Å²) in [5.74, 6) is 0. The standard InChI is InChI=1S/C13H20O3/c1-10-4-6-11(7-5-10)13(16)9-12(15)3-2-8-14/h4-7,12-16H,2-3,8-9H2,1H3/t12-,13+/m1/s1. The van der Waals surface area contributed by atoms with E-state index in [0.717, 1.165) is 11.1 Å².